The van der Waals surface area contributed by atoms with Crippen LogP contribution in [0.5, 0.6) is 0 Å². The number of aliphatic hydroxyl groups is 12. The van der Waals surface area contributed by atoms with E-state index < -0.39 is 86.2 Å². The van der Waals surface area contributed by atoms with Gasteiger partial charge in [-0.25, -0.2) is 9.59 Å². The molecular weight excluding hydrogens is 539 g/mol. The van der Waals surface area contributed by atoms with E-state index in [0.717, 1.165) is 18.9 Å². The summed E-state index contributed by atoms with van der Waals surface area (Å²) in [6, 6.07) is 0. The van der Waals surface area contributed by atoms with Gasteiger partial charge < -0.3 is 71.5 Å². The summed E-state index contributed by atoms with van der Waals surface area (Å²) in [5, 5.41) is 123. The Morgan fingerprint density at radius 2 is 0.719 bits per heavy atom. The third-order valence-corrected chi connectivity index (χ3v) is 3.72. The van der Waals surface area contributed by atoms with E-state index >= 15 is 0 Å². The van der Waals surface area contributed by atoms with Crippen LogP contribution in [0.1, 0.15) is 0 Å². The molecule has 0 aromatic heterocycles. The summed E-state index contributed by atoms with van der Waals surface area (Å²) in [5.41, 5.74) is 0. The summed E-state index contributed by atoms with van der Waals surface area (Å²) in [6.45, 7) is -1.76. The molecule has 0 aliphatic heterocycles. The molecule has 0 rings (SSSR count). The first-order valence-electron chi connectivity index (χ1n) is 8.28. The molecule has 0 saturated heterocycles. The van der Waals surface area contributed by atoms with Crippen LogP contribution in [-0.4, -0.2) is 158 Å². The minimum atomic E-state index is -2.29. The van der Waals surface area contributed by atoms with Gasteiger partial charge in [0.2, 0.25) is 0 Å². The van der Waals surface area contributed by atoms with Crippen molar-refractivity contribution in [3.8, 4) is 0 Å². The van der Waals surface area contributed by atoms with Crippen molar-refractivity contribution in [1.29, 1.82) is 0 Å². The molecule has 193 valence electrons. The Morgan fingerprint density at radius 1 is 0.500 bits per heavy atom. The van der Waals surface area contributed by atoms with Gasteiger partial charge in [0.1, 0.15) is 48.8 Å². The summed E-state index contributed by atoms with van der Waals surface area (Å²) >= 11 is 0.900. The SMILES string of the molecule is O=C(O)C(O)[C@H](O)[C@@H](O)[C@H](O)[C@H](O)CO.O=C(O)C(O)[C@H](O)[C@@H](O)[C@H](O)[C@H](O)CO.[O]=[99Tc]. The van der Waals surface area contributed by atoms with Crippen LogP contribution in [0, 0.1) is 0 Å². The van der Waals surface area contributed by atoms with Crippen LogP contribution in [0.2, 0.25) is 0 Å². The van der Waals surface area contributed by atoms with Crippen LogP contribution in [0.15, 0.2) is 0 Å². The molecule has 10 atom stereocenters. The summed E-state index contributed by atoms with van der Waals surface area (Å²) in [4.78, 5) is 20.4. The fourth-order valence-corrected chi connectivity index (χ4v) is 1.74. The number of rotatable bonds is 12. The van der Waals surface area contributed by atoms with Gasteiger partial charge in [0.05, 0.1) is 13.2 Å². The predicted octanol–water partition coefficient (Wildman–Crippen LogP) is -8.39. The van der Waals surface area contributed by atoms with Gasteiger partial charge in [-0.1, -0.05) is 0 Å². The fraction of sp³-hybridized carbons (Fsp3) is 0.857. The number of hydrogen-bond acceptors (Lipinski definition) is 15. The van der Waals surface area contributed by atoms with Crippen molar-refractivity contribution >= 4 is 11.9 Å². The zero-order valence-electron chi connectivity index (χ0n) is 16.1. The van der Waals surface area contributed by atoms with E-state index in [1.54, 1.807) is 0 Å². The van der Waals surface area contributed by atoms with Gasteiger partial charge in [0, 0.05) is 0 Å². The zero-order valence-corrected chi connectivity index (χ0v) is 17.9. The van der Waals surface area contributed by atoms with Crippen LogP contribution in [0.3, 0.4) is 0 Å². The molecular formula is C14H28O17Tc. The maximum atomic E-state index is 10.2. The van der Waals surface area contributed by atoms with E-state index in [4.69, 9.17) is 75.0 Å². The molecule has 2 unspecified atom stereocenters. The van der Waals surface area contributed by atoms with Crippen molar-refractivity contribution in [3.63, 3.8) is 0 Å². The molecule has 0 amide bonds. The van der Waals surface area contributed by atoms with Gasteiger partial charge in [0.25, 0.3) is 0 Å². The van der Waals surface area contributed by atoms with E-state index in [-0.39, 0.29) is 0 Å². The van der Waals surface area contributed by atoms with Gasteiger partial charge >= 0.3 is 34.3 Å². The Labute approximate surface area is 190 Å². The second-order valence-electron chi connectivity index (χ2n) is 6.01. The Bertz CT molecular complexity index is 479. The molecule has 14 N–H and O–H groups in total. The zero-order chi connectivity index (χ0) is 26.3. The molecule has 0 saturated carbocycles. The third kappa shape index (κ3) is 12.2. The van der Waals surface area contributed by atoms with Crippen molar-refractivity contribution in [2.24, 2.45) is 0 Å². The van der Waals surface area contributed by atoms with Crippen molar-refractivity contribution in [2.75, 3.05) is 13.2 Å². The number of hydrogen-bond donors (Lipinski definition) is 14. The first-order valence-corrected chi connectivity index (χ1v) is 9.04. The van der Waals surface area contributed by atoms with Crippen LogP contribution in [0.25, 0.3) is 0 Å². The monoisotopic (exact) mass is 567 g/mol. The van der Waals surface area contributed by atoms with Crippen LogP contribution in [0.4, 0.5) is 0 Å². The summed E-state index contributed by atoms with van der Waals surface area (Å²) in [6.07, 6.45) is -20.5. The van der Waals surface area contributed by atoms with Crippen LogP contribution in [-0.2, 0) is 31.9 Å². The molecule has 0 bridgehead atoms. The summed E-state index contributed by atoms with van der Waals surface area (Å²) in [5.74, 6) is -3.57. The molecule has 0 radical (unpaired) electrons. The normalized spacial score (nSPS) is 20.2. The van der Waals surface area contributed by atoms with Gasteiger partial charge in [-0.05, 0) is 0 Å². The Balaban J connectivity index is -0.000000487. The third-order valence-electron chi connectivity index (χ3n) is 3.72. The van der Waals surface area contributed by atoms with E-state index in [0.29, 0.717) is 0 Å². The van der Waals surface area contributed by atoms with E-state index in [1.165, 1.54) is 0 Å². The van der Waals surface area contributed by atoms with Crippen LogP contribution < -0.4 is 0 Å². The van der Waals surface area contributed by atoms with Gasteiger partial charge in [-0.2, -0.15) is 0 Å². The van der Waals surface area contributed by atoms with Crippen molar-refractivity contribution < 1.29 is 103 Å². The summed E-state index contributed by atoms with van der Waals surface area (Å²) in [7, 11) is 0. The van der Waals surface area contributed by atoms with Crippen molar-refractivity contribution in [2.45, 2.75) is 61.0 Å². The van der Waals surface area contributed by atoms with E-state index in [9.17, 15) is 9.59 Å². The molecule has 0 heterocycles. The predicted molar refractivity (Wildman–Crippen MR) is 90.2 cm³/mol. The number of aliphatic carboxylic acids is 2. The number of carbonyl (C=O) groups is 2. The molecule has 18 heteroatoms. The molecule has 0 aliphatic carbocycles. The number of aliphatic hydroxyl groups excluding tert-OH is 12. The van der Waals surface area contributed by atoms with E-state index in [2.05, 4.69) is 0 Å². The molecule has 17 nitrogen and oxygen atoms in total. The molecule has 0 fully saturated rings. The topological polar surface area (TPSA) is 334 Å². The van der Waals surface area contributed by atoms with Gasteiger partial charge in [-0.15, -0.1) is 0 Å². The molecule has 32 heavy (non-hydrogen) atoms. The Hall–Kier alpha value is -1.09. The van der Waals surface area contributed by atoms with Crippen LogP contribution >= 0.6 is 0 Å². The van der Waals surface area contributed by atoms with Crippen molar-refractivity contribution in [1.82, 2.24) is 0 Å². The first-order chi connectivity index (χ1) is 14.6. The minimum absolute atomic E-state index is 0.881. The van der Waals surface area contributed by atoms with Gasteiger partial charge in [0.15, 0.2) is 12.2 Å². The number of carboxylic acids is 2. The van der Waals surface area contributed by atoms with Crippen molar-refractivity contribution in [3.05, 3.63) is 0 Å². The molecule has 0 aromatic rings. The second kappa shape index (κ2) is 18.3. The quantitative estimate of drug-likeness (QED) is 0.104. The fourth-order valence-electron chi connectivity index (χ4n) is 1.74. The maximum absolute atomic E-state index is 10.2. The average molecular weight is 567 g/mol. The Morgan fingerprint density at radius 3 is 0.875 bits per heavy atom. The van der Waals surface area contributed by atoms with E-state index in [1.807, 2.05) is 0 Å². The first kappa shape index (κ1) is 35.5. The molecule has 0 aromatic carbocycles. The Kier molecular flexibility index (Phi) is 20.4. The average Bonchev–Trinajstić information content (AvgIpc) is 2.80. The molecule has 0 aliphatic rings. The summed E-state index contributed by atoms with van der Waals surface area (Å²) < 4.78 is 8.22. The second-order valence-corrected chi connectivity index (χ2v) is 6.01. The number of carboxylic acid groups (broad SMARTS) is 2. The van der Waals surface area contributed by atoms with Gasteiger partial charge in [-0.3, -0.25) is 0 Å². The standard InChI is InChI=1S/2C7H14O8.O.Tc/c2*8-1-2(9)3(10)4(11)5(12)6(13)7(14)15;;/h2*2-6,8-13H,1H2,(H,14,15);;/t2*2-,3-,4+,5-,6?;;/m11../s1/i;;;1+1. The molecule has 0 spiro atoms.